The van der Waals surface area contributed by atoms with Crippen LogP contribution in [-0.2, 0) is 0 Å². The minimum Gasteiger partial charge on any atom is -0.451 e. The van der Waals surface area contributed by atoms with E-state index in [0.717, 1.165) is 0 Å². The molecule has 82 valence electrons. The van der Waals surface area contributed by atoms with E-state index >= 15 is 0 Å². The molecule has 0 radical (unpaired) electrons. The maximum absolute atomic E-state index is 11.8. The molecule has 6 nitrogen and oxygen atoms in total. The van der Waals surface area contributed by atoms with Crippen molar-refractivity contribution in [3.63, 3.8) is 0 Å². The first-order valence-electron chi connectivity index (χ1n) is 5.01. The van der Waals surface area contributed by atoms with Crippen LogP contribution in [0.4, 0.5) is 0 Å². The van der Waals surface area contributed by atoms with Crippen LogP contribution in [-0.4, -0.2) is 38.7 Å². The normalized spacial score (nSPS) is 16.1. The summed E-state index contributed by atoms with van der Waals surface area (Å²) in [5, 5.41) is 4.14. The molecule has 2 aromatic heterocycles. The molecule has 6 heteroatoms. The third kappa shape index (κ3) is 1.39. The molecule has 1 fully saturated rings. The van der Waals surface area contributed by atoms with Gasteiger partial charge in [0.15, 0.2) is 12.1 Å². The molecule has 1 amide bonds. The minimum absolute atomic E-state index is 0.0860. The van der Waals surface area contributed by atoms with Gasteiger partial charge in [-0.3, -0.25) is 9.48 Å². The van der Waals surface area contributed by atoms with Crippen LogP contribution in [0.2, 0.25) is 0 Å². The lowest BCUT2D eigenvalue weighted by Gasteiger charge is -2.38. The molecule has 3 heterocycles. The summed E-state index contributed by atoms with van der Waals surface area (Å²) in [6, 6.07) is 2.16. The van der Waals surface area contributed by atoms with Gasteiger partial charge in [-0.25, -0.2) is 4.98 Å². The minimum atomic E-state index is -0.0860. The fourth-order valence-corrected chi connectivity index (χ4v) is 1.77. The molecule has 0 aliphatic carbocycles. The molecule has 0 saturated carbocycles. The standard InChI is InChI=1S/C10H10N4O2/c15-10(9-6-16-7-11-9)13-4-8(5-13)14-3-1-2-12-14/h1-3,6-8H,4-5H2. The zero-order chi connectivity index (χ0) is 11.0. The van der Waals surface area contributed by atoms with Crippen molar-refractivity contribution < 1.29 is 9.21 Å². The average Bonchev–Trinajstić information content (AvgIpc) is 2.88. The van der Waals surface area contributed by atoms with E-state index in [0.29, 0.717) is 18.8 Å². The molecule has 0 spiro atoms. The molecule has 2 aromatic rings. The van der Waals surface area contributed by atoms with E-state index < -0.39 is 0 Å². The Bertz CT molecular complexity index is 471. The Morgan fingerprint density at radius 3 is 3.00 bits per heavy atom. The van der Waals surface area contributed by atoms with E-state index in [1.165, 1.54) is 12.7 Å². The van der Waals surface area contributed by atoms with E-state index in [2.05, 4.69) is 10.1 Å². The van der Waals surface area contributed by atoms with Gasteiger partial charge < -0.3 is 9.32 Å². The first-order chi connectivity index (χ1) is 7.84. The van der Waals surface area contributed by atoms with Gasteiger partial charge in [0.25, 0.3) is 5.91 Å². The zero-order valence-corrected chi connectivity index (χ0v) is 8.48. The number of rotatable bonds is 2. The second kappa shape index (κ2) is 3.48. The van der Waals surface area contributed by atoms with Gasteiger partial charge in [-0.1, -0.05) is 0 Å². The van der Waals surface area contributed by atoms with Crippen molar-refractivity contribution >= 4 is 5.91 Å². The SMILES string of the molecule is O=C(c1cocn1)N1CC(n2cccn2)C1. The van der Waals surface area contributed by atoms with E-state index in [-0.39, 0.29) is 11.9 Å². The van der Waals surface area contributed by atoms with Crippen LogP contribution in [0.3, 0.4) is 0 Å². The molecule has 1 saturated heterocycles. The second-order valence-electron chi connectivity index (χ2n) is 3.72. The van der Waals surface area contributed by atoms with Gasteiger partial charge in [-0.05, 0) is 6.07 Å². The number of aromatic nitrogens is 3. The Morgan fingerprint density at radius 2 is 2.38 bits per heavy atom. The van der Waals surface area contributed by atoms with Crippen molar-refractivity contribution in [3.05, 3.63) is 36.8 Å². The molecule has 0 N–H and O–H groups in total. The zero-order valence-electron chi connectivity index (χ0n) is 8.48. The van der Waals surface area contributed by atoms with Crippen LogP contribution in [0.15, 0.2) is 35.5 Å². The highest BCUT2D eigenvalue weighted by Gasteiger charge is 2.33. The third-order valence-electron chi connectivity index (χ3n) is 2.70. The summed E-state index contributed by atoms with van der Waals surface area (Å²) in [6.45, 7) is 1.35. The number of carbonyl (C=O) groups is 1. The van der Waals surface area contributed by atoms with E-state index in [1.807, 2.05) is 16.9 Å². The molecule has 1 aliphatic rings. The average molecular weight is 218 g/mol. The van der Waals surface area contributed by atoms with Gasteiger partial charge in [0, 0.05) is 25.5 Å². The lowest BCUT2D eigenvalue weighted by Crippen LogP contribution is -2.50. The van der Waals surface area contributed by atoms with Gasteiger partial charge in [-0.15, -0.1) is 0 Å². The number of carbonyl (C=O) groups excluding carboxylic acids is 1. The number of hydrogen-bond acceptors (Lipinski definition) is 4. The fraction of sp³-hybridized carbons (Fsp3) is 0.300. The van der Waals surface area contributed by atoms with Crippen molar-refractivity contribution in [2.75, 3.05) is 13.1 Å². The van der Waals surface area contributed by atoms with Gasteiger partial charge in [0.05, 0.1) is 6.04 Å². The smallest absolute Gasteiger partial charge is 0.275 e. The van der Waals surface area contributed by atoms with Crippen LogP contribution >= 0.6 is 0 Å². The fourth-order valence-electron chi connectivity index (χ4n) is 1.77. The predicted octanol–water partition coefficient (Wildman–Crippen LogP) is 0.568. The first-order valence-corrected chi connectivity index (χ1v) is 5.01. The second-order valence-corrected chi connectivity index (χ2v) is 3.72. The Kier molecular flexibility index (Phi) is 1.99. The topological polar surface area (TPSA) is 64.2 Å². The van der Waals surface area contributed by atoms with Crippen molar-refractivity contribution in [1.82, 2.24) is 19.7 Å². The van der Waals surface area contributed by atoms with Crippen LogP contribution in [0.5, 0.6) is 0 Å². The van der Waals surface area contributed by atoms with Crippen molar-refractivity contribution in [2.24, 2.45) is 0 Å². The van der Waals surface area contributed by atoms with Gasteiger partial charge in [0.1, 0.15) is 6.26 Å². The van der Waals surface area contributed by atoms with E-state index in [1.54, 1.807) is 11.1 Å². The number of amides is 1. The summed E-state index contributed by atoms with van der Waals surface area (Å²) >= 11 is 0. The molecule has 0 bridgehead atoms. The summed E-state index contributed by atoms with van der Waals surface area (Å²) in [6.07, 6.45) is 6.27. The van der Waals surface area contributed by atoms with Gasteiger partial charge in [-0.2, -0.15) is 5.10 Å². The Balaban J connectivity index is 1.64. The molecule has 0 atom stereocenters. The highest BCUT2D eigenvalue weighted by molar-refractivity contribution is 5.92. The number of oxazole rings is 1. The lowest BCUT2D eigenvalue weighted by molar-refractivity contribution is 0.0495. The summed E-state index contributed by atoms with van der Waals surface area (Å²) in [5.74, 6) is -0.0860. The van der Waals surface area contributed by atoms with Crippen molar-refractivity contribution in [2.45, 2.75) is 6.04 Å². The molecule has 0 unspecified atom stereocenters. The van der Waals surface area contributed by atoms with Gasteiger partial charge in [0.2, 0.25) is 0 Å². The summed E-state index contributed by atoms with van der Waals surface area (Å²) in [5.41, 5.74) is 0.360. The van der Waals surface area contributed by atoms with Crippen molar-refractivity contribution in [3.8, 4) is 0 Å². The lowest BCUT2D eigenvalue weighted by atomic mass is 10.1. The summed E-state index contributed by atoms with van der Waals surface area (Å²) in [4.78, 5) is 17.3. The Morgan fingerprint density at radius 1 is 1.50 bits per heavy atom. The van der Waals surface area contributed by atoms with Crippen LogP contribution in [0.1, 0.15) is 16.5 Å². The Hall–Kier alpha value is -2.11. The summed E-state index contributed by atoms with van der Waals surface area (Å²) in [7, 11) is 0. The number of likely N-dealkylation sites (tertiary alicyclic amines) is 1. The van der Waals surface area contributed by atoms with Crippen LogP contribution in [0.25, 0.3) is 0 Å². The van der Waals surface area contributed by atoms with Crippen LogP contribution < -0.4 is 0 Å². The molecule has 16 heavy (non-hydrogen) atoms. The molecule has 1 aliphatic heterocycles. The van der Waals surface area contributed by atoms with Crippen molar-refractivity contribution in [1.29, 1.82) is 0 Å². The molecular formula is C10H10N4O2. The summed E-state index contributed by atoms with van der Waals surface area (Å²) < 4.78 is 6.64. The van der Waals surface area contributed by atoms with E-state index in [4.69, 9.17) is 4.42 Å². The third-order valence-corrected chi connectivity index (χ3v) is 2.70. The molecule has 3 rings (SSSR count). The van der Waals surface area contributed by atoms with Crippen LogP contribution in [0, 0.1) is 0 Å². The molecule has 0 aromatic carbocycles. The maximum atomic E-state index is 11.8. The predicted molar refractivity (Wildman–Crippen MR) is 53.7 cm³/mol. The number of hydrogen-bond donors (Lipinski definition) is 0. The number of nitrogens with zero attached hydrogens (tertiary/aromatic N) is 4. The molecular weight excluding hydrogens is 208 g/mol. The van der Waals surface area contributed by atoms with Gasteiger partial charge >= 0.3 is 0 Å². The monoisotopic (exact) mass is 218 g/mol. The Labute approximate surface area is 91.5 Å². The largest absolute Gasteiger partial charge is 0.451 e. The highest BCUT2D eigenvalue weighted by atomic mass is 16.3. The maximum Gasteiger partial charge on any atom is 0.275 e. The quantitative estimate of drug-likeness (QED) is 0.739. The highest BCUT2D eigenvalue weighted by Crippen LogP contribution is 2.21. The first kappa shape index (κ1) is 9.14. The van der Waals surface area contributed by atoms with E-state index in [9.17, 15) is 4.79 Å².